The van der Waals surface area contributed by atoms with Gasteiger partial charge in [-0.2, -0.15) is 0 Å². The number of phenolic OH excluding ortho intramolecular Hbond substituents is 1. The first-order valence-electron chi connectivity index (χ1n) is 6.24. The third-order valence-corrected chi connectivity index (χ3v) is 3.84. The number of aliphatic imine (C=N–C) groups is 1. The Labute approximate surface area is 130 Å². The average molecular weight is 373 g/mol. The number of phenols is 1. The van der Waals surface area contributed by atoms with Crippen molar-refractivity contribution in [1.29, 1.82) is 0 Å². The fourth-order valence-electron chi connectivity index (χ4n) is 2.09. The highest BCUT2D eigenvalue weighted by molar-refractivity contribution is 14.1. The molecule has 3 aromatic rings. The van der Waals surface area contributed by atoms with E-state index in [4.69, 9.17) is 0 Å². The van der Waals surface area contributed by atoms with Gasteiger partial charge in [0, 0.05) is 15.3 Å². The molecule has 1 N–H and O–H groups in total. The SMILES string of the molecule is Oc1ccc2ccccc2c1/C=N/c1ccc(I)cc1. The van der Waals surface area contributed by atoms with Crippen LogP contribution in [-0.2, 0) is 0 Å². The van der Waals surface area contributed by atoms with E-state index in [2.05, 4.69) is 27.6 Å². The van der Waals surface area contributed by atoms with E-state index in [9.17, 15) is 5.11 Å². The number of nitrogens with zero attached hydrogens (tertiary/aromatic N) is 1. The van der Waals surface area contributed by atoms with Gasteiger partial charge >= 0.3 is 0 Å². The van der Waals surface area contributed by atoms with Gasteiger partial charge in [-0.15, -0.1) is 0 Å². The molecule has 0 atom stereocenters. The van der Waals surface area contributed by atoms with Crippen LogP contribution in [0.1, 0.15) is 5.56 Å². The maximum Gasteiger partial charge on any atom is 0.124 e. The van der Waals surface area contributed by atoms with Gasteiger partial charge in [-0.05, 0) is 63.7 Å². The minimum atomic E-state index is 0.248. The molecular weight excluding hydrogens is 361 g/mol. The van der Waals surface area contributed by atoms with Crippen molar-refractivity contribution in [1.82, 2.24) is 0 Å². The van der Waals surface area contributed by atoms with Crippen LogP contribution in [0, 0.1) is 3.57 Å². The molecule has 98 valence electrons. The largest absolute Gasteiger partial charge is 0.507 e. The van der Waals surface area contributed by atoms with Crippen LogP contribution in [0.4, 0.5) is 5.69 Å². The molecule has 0 fully saturated rings. The third-order valence-electron chi connectivity index (χ3n) is 3.12. The summed E-state index contributed by atoms with van der Waals surface area (Å²) < 4.78 is 1.18. The molecule has 0 aliphatic heterocycles. The highest BCUT2D eigenvalue weighted by Gasteiger charge is 2.03. The average Bonchev–Trinajstić information content (AvgIpc) is 2.48. The monoisotopic (exact) mass is 373 g/mol. The quantitative estimate of drug-likeness (QED) is 0.503. The number of benzene rings is 3. The minimum Gasteiger partial charge on any atom is -0.507 e. The van der Waals surface area contributed by atoms with Gasteiger partial charge < -0.3 is 5.11 Å². The lowest BCUT2D eigenvalue weighted by atomic mass is 10.0. The molecule has 0 saturated carbocycles. The maximum atomic E-state index is 10.0. The van der Waals surface area contributed by atoms with Crippen LogP contribution >= 0.6 is 22.6 Å². The zero-order valence-electron chi connectivity index (χ0n) is 10.6. The first-order valence-corrected chi connectivity index (χ1v) is 7.32. The fraction of sp³-hybridized carbons (Fsp3) is 0. The number of halogens is 1. The summed E-state index contributed by atoms with van der Waals surface area (Å²) in [5.74, 6) is 0.248. The van der Waals surface area contributed by atoms with Gasteiger partial charge in [0.2, 0.25) is 0 Å². The van der Waals surface area contributed by atoms with E-state index in [0.717, 1.165) is 22.0 Å². The van der Waals surface area contributed by atoms with Crippen LogP contribution < -0.4 is 0 Å². The van der Waals surface area contributed by atoms with Crippen LogP contribution in [0.3, 0.4) is 0 Å². The number of hydrogen-bond acceptors (Lipinski definition) is 2. The minimum absolute atomic E-state index is 0.248. The number of aromatic hydroxyl groups is 1. The zero-order valence-corrected chi connectivity index (χ0v) is 12.8. The lowest BCUT2D eigenvalue weighted by molar-refractivity contribution is 0.475. The summed E-state index contributed by atoms with van der Waals surface area (Å²) in [6.07, 6.45) is 1.72. The Morgan fingerprint density at radius 2 is 1.65 bits per heavy atom. The topological polar surface area (TPSA) is 32.6 Å². The Morgan fingerprint density at radius 3 is 2.45 bits per heavy atom. The summed E-state index contributed by atoms with van der Waals surface area (Å²) in [5, 5.41) is 12.1. The van der Waals surface area contributed by atoms with E-state index in [-0.39, 0.29) is 5.75 Å². The lowest BCUT2D eigenvalue weighted by Gasteiger charge is -2.04. The molecule has 3 rings (SSSR count). The normalized spacial score (nSPS) is 11.2. The van der Waals surface area contributed by atoms with Gasteiger partial charge in [-0.1, -0.05) is 30.3 Å². The smallest absolute Gasteiger partial charge is 0.124 e. The van der Waals surface area contributed by atoms with Crippen molar-refractivity contribution in [3.8, 4) is 5.75 Å². The van der Waals surface area contributed by atoms with Gasteiger partial charge in [-0.3, -0.25) is 4.99 Å². The second kappa shape index (κ2) is 5.63. The van der Waals surface area contributed by atoms with Crippen molar-refractivity contribution in [2.45, 2.75) is 0 Å². The van der Waals surface area contributed by atoms with E-state index in [1.54, 1.807) is 12.3 Å². The highest BCUT2D eigenvalue weighted by Crippen LogP contribution is 2.26. The molecule has 0 aliphatic rings. The Bertz CT molecular complexity index is 779. The second-order valence-electron chi connectivity index (χ2n) is 4.45. The van der Waals surface area contributed by atoms with Gasteiger partial charge in [0.1, 0.15) is 5.75 Å². The molecule has 0 unspecified atom stereocenters. The van der Waals surface area contributed by atoms with Crippen LogP contribution in [0.15, 0.2) is 65.7 Å². The molecular formula is C17H12INO. The molecule has 0 amide bonds. The second-order valence-corrected chi connectivity index (χ2v) is 5.70. The molecule has 20 heavy (non-hydrogen) atoms. The van der Waals surface area contributed by atoms with Crippen molar-refractivity contribution in [2.75, 3.05) is 0 Å². The number of fused-ring (bicyclic) bond motifs is 1. The van der Waals surface area contributed by atoms with E-state index in [1.165, 1.54) is 3.57 Å². The van der Waals surface area contributed by atoms with Crippen LogP contribution in [0.2, 0.25) is 0 Å². The van der Waals surface area contributed by atoms with Gasteiger partial charge in [-0.25, -0.2) is 0 Å². The van der Waals surface area contributed by atoms with Gasteiger partial charge in [0.15, 0.2) is 0 Å². The van der Waals surface area contributed by atoms with Crippen LogP contribution in [0.5, 0.6) is 5.75 Å². The summed E-state index contributed by atoms with van der Waals surface area (Å²) in [6.45, 7) is 0. The molecule has 0 saturated heterocycles. The van der Waals surface area contributed by atoms with Crippen LogP contribution in [-0.4, -0.2) is 11.3 Å². The molecule has 0 aromatic heterocycles. The summed E-state index contributed by atoms with van der Waals surface area (Å²) in [4.78, 5) is 4.44. The Morgan fingerprint density at radius 1 is 0.900 bits per heavy atom. The van der Waals surface area contributed by atoms with Crippen molar-refractivity contribution in [2.24, 2.45) is 4.99 Å². The first-order chi connectivity index (χ1) is 9.74. The van der Waals surface area contributed by atoms with Gasteiger partial charge in [0.05, 0.1) is 5.69 Å². The summed E-state index contributed by atoms with van der Waals surface area (Å²) in [6, 6.07) is 19.5. The lowest BCUT2D eigenvalue weighted by Crippen LogP contribution is -1.85. The standard InChI is InChI=1S/C17H12INO/c18-13-6-8-14(9-7-13)19-11-16-15-4-2-1-3-12(15)5-10-17(16)20/h1-11,20H/b19-11+. The fourth-order valence-corrected chi connectivity index (χ4v) is 2.45. The summed E-state index contributed by atoms with van der Waals surface area (Å²) in [7, 11) is 0. The molecule has 0 bridgehead atoms. The summed E-state index contributed by atoms with van der Waals surface area (Å²) >= 11 is 2.26. The Kier molecular flexibility index (Phi) is 3.69. The molecule has 0 spiro atoms. The molecule has 2 nitrogen and oxygen atoms in total. The Hall–Kier alpha value is -1.88. The molecule has 0 heterocycles. The first kappa shape index (κ1) is 13.1. The number of hydrogen-bond donors (Lipinski definition) is 1. The third kappa shape index (κ3) is 2.67. The Balaban J connectivity index is 2.06. The van der Waals surface area contributed by atoms with Crippen molar-refractivity contribution >= 4 is 45.3 Å². The molecule has 0 aliphatic carbocycles. The highest BCUT2D eigenvalue weighted by atomic mass is 127. The molecule has 0 radical (unpaired) electrons. The van der Waals surface area contributed by atoms with Crippen molar-refractivity contribution in [3.63, 3.8) is 0 Å². The predicted octanol–water partition coefficient (Wildman–Crippen LogP) is 4.90. The molecule has 3 aromatic carbocycles. The molecule has 3 heteroatoms. The number of rotatable bonds is 2. The van der Waals surface area contributed by atoms with E-state index >= 15 is 0 Å². The predicted molar refractivity (Wildman–Crippen MR) is 92.0 cm³/mol. The zero-order chi connectivity index (χ0) is 13.9. The summed E-state index contributed by atoms with van der Waals surface area (Å²) in [5.41, 5.74) is 1.62. The maximum absolute atomic E-state index is 10.0. The van der Waals surface area contributed by atoms with Gasteiger partial charge in [0.25, 0.3) is 0 Å². The van der Waals surface area contributed by atoms with Crippen molar-refractivity contribution < 1.29 is 5.11 Å². The van der Waals surface area contributed by atoms with E-state index in [1.807, 2.05) is 54.6 Å². The van der Waals surface area contributed by atoms with Crippen molar-refractivity contribution in [3.05, 3.63) is 69.8 Å². The van der Waals surface area contributed by atoms with Crippen LogP contribution in [0.25, 0.3) is 10.8 Å². The van der Waals surface area contributed by atoms with E-state index in [0.29, 0.717) is 0 Å². The van der Waals surface area contributed by atoms with E-state index < -0.39 is 0 Å².